The minimum Gasteiger partial charge on any atom is -0.496 e. The zero-order valence-electron chi connectivity index (χ0n) is 9.87. The molecule has 0 heterocycles. The third kappa shape index (κ3) is 3.28. The van der Waals surface area contributed by atoms with Crippen molar-refractivity contribution in [1.29, 1.82) is 0 Å². The summed E-state index contributed by atoms with van der Waals surface area (Å²) in [6.45, 7) is 0. The Bertz CT molecular complexity index is 446. The number of rotatable bonds is 6. The Hall–Kier alpha value is -1.92. The van der Waals surface area contributed by atoms with Gasteiger partial charge in [-0.05, 0) is 17.7 Å². The number of aldehydes is 1. The number of hydrogen-bond acceptors (Lipinski definition) is 5. The normalized spacial score (nSPS) is 13.7. The number of amides is 1. The van der Waals surface area contributed by atoms with Crippen LogP contribution >= 0.6 is 0 Å². The molecule has 1 aromatic rings. The van der Waals surface area contributed by atoms with Crippen molar-refractivity contribution in [1.82, 2.24) is 0 Å². The number of benzene rings is 1. The fraction of sp³-hybridized carbons (Fsp3) is 0.333. The van der Waals surface area contributed by atoms with Gasteiger partial charge in [-0.2, -0.15) is 0 Å². The van der Waals surface area contributed by atoms with Crippen molar-refractivity contribution in [2.75, 3.05) is 7.11 Å². The van der Waals surface area contributed by atoms with Crippen LogP contribution in [0.4, 0.5) is 0 Å². The first kappa shape index (κ1) is 14.1. The molecule has 0 saturated heterocycles. The molecule has 0 spiro atoms. The van der Waals surface area contributed by atoms with Crippen LogP contribution in [0.15, 0.2) is 18.2 Å². The molecule has 0 aromatic heterocycles. The smallest absolute Gasteiger partial charge is 0.220 e. The molecule has 2 atom stereocenters. The maximum atomic E-state index is 10.8. The molecule has 4 N–H and O–H groups in total. The lowest BCUT2D eigenvalue weighted by molar-refractivity contribution is -0.121. The molecule has 1 rings (SSSR count). The summed E-state index contributed by atoms with van der Waals surface area (Å²) in [4.78, 5) is 21.5. The molecule has 0 aliphatic rings. The topological polar surface area (TPSA) is 110 Å². The van der Waals surface area contributed by atoms with Crippen molar-refractivity contribution in [3.05, 3.63) is 29.3 Å². The van der Waals surface area contributed by atoms with E-state index in [1.54, 1.807) is 0 Å². The van der Waals surface area contributed by atoms with Crippen molar-refractivity contribution >= 4 is 12.2 Å². The molecule has 0 radical (unpaired) electrons. The number of hydrogen-bond donors (Lipinski definition) is 3. The summed E-state index contributed by atoms with van der Waals surface area (Å²) in [5.74, 6) is -0.351. The standard InChI is InChI=1S/C12H15NO5/c1-18-10-3-2-7(4-8(10)6-14)12(17)9(15)5-11(13)16/h2-4,6,9,12,15,17H,5H2,1H3,(H2,13,16). The number of aliphatic hydroxyl groups excluding tert-OH is 2. The van der Waals surface area contributed by atoms with Crippen LogP contribution in [0.3, 0.4) is 0 Å². The van der Waals surface area contributed by atoms with E-state index >= 15 is 0 Å². The maximum Gasteiger partial charge on any atom is 0.220 e. The molecule has 0 bridgehead atoms. The molecular weight excluding hydrogens is 238 g/mol. The molecular formula is C12H15NO5. The van der Waals surface area contributed by atoms with Crippen LogP contribution in [-0.4, -0.2) is 35.6 Å². The van der Waals surface area contributed by atoms with E-state index in [1.165, 1.54) is 25.3 Å². The highest BCUT2D eigenvalue weighted by Gasteiger charge is 2.21. The number of carbonyl (C=O) groups excluding carboxylic acids is 2. The molecule has 6 heteroatoms. The molecule has 18 heavy (non-hydrogen) atoms. The van der Waals surface area contributed by atoms with Crippen LogP contribution in [0.5, 0.6) is 5.75 Å². The Kier molecular flexibility index (Phi) is 4.82. The van der Waals surface area contributed by atoms with Gasteiger partial charge in [0, 0.05) is 0 Å². The van der Waals surface area contributed by atoms with Gasteiger partial charge in [-0.15, -0.1) is 0 Å². The number of primary amides is 1. The van der Waals surface area contributed by atoms with Gasteiger partial charge in [0.1, 0.15) is 11.9 Å². The van der Waals surface area contributed by atoms with Crippen LogP contribution in [0.2, 0.25) is 0 Å². The second-order valence-electron chi connectivity index (χ2n) is 3.80. The van der Waals surface area contributed by atoms with Crippen molar-refractivity contribution in [2.24, 2.45) is 5.73 Å². The maximum absolute atomic E-state index is 10.8. The molecule has 6 nitrogen and oxygen atoms in total. The van der Waals surface area contributed by atoms with Crippen LogP contribution in [-0.2, 0) is 4.79 Å². The first-order valence-corrected chi connectivity index (χ1v) is 5.27. The number of aliphatic hydroxyl groups is 2. The zero-order chi connectivity index (χ0) is 13.7. The lowest BCUT2D eigenvalue weighted by Gasteiger charge is -2.17. The van der Waals surface area contributed by atoms with E-state index in [0.29, 0.717) is 17.6 Å². The van der Waals surface area contributed by atoms with Crippen LogP contribution in [0, 0.1) is 0 Å². The van der Waals surface area contributed by atoms with Gasteiger partial charge in [0.2, 0.25) is 5.91 Å². The Morgan fingerprint density at radius 1 is 1.50 bits per heavy atom. The zero-order valence-corrected chi connectivity index (χ0v) is 9.87. The van der Waals surface area contributed by atoms with Crippen LogP contribution in [0.1, 0.15) is 28.4 Å². The van der Waals surface area contributed by atoms with Gasteiger partial charge in [-0.1, -0.05) is 6.07 Å². The summed E-state index contributed by atoms with van der Waals surface area (Å²) in [6.07, 6.45) is -2.38. The van der Waals surface area contributed by atoms with Crippen molar-refractivity contribution in [3.63, 3.8) is 0 Å². The summed E-state index contributed by atoms with van der Waals surface area (Å²) in [5, 5.41) is 19.4. The Balaban J connectivity index is 2.95. The van der Waals surface area contributed by atoms with Gasteiger partial charge >= 0.3 is 0 Å². The lowest BCUT2D eigenvalue weighted by Crippen LogP contribution is -2.25. The van der Waals surface area contributed by atoms with E-state index in [2.05, 4.69) is 0 Å². The van der Waals surface area contributed by atoms with E-state index < -0.39 is 18.1 Å². The van der Waals surface area contributed by atoms with Gasteiger partial charge in [-0.3, -0.25) is 9.59 Å². The highest BCUT2D eigenvalue weighted by Crippen LogP contribution is 2.24. The molecule has 0 saturated carbocycles. The van der Waals surface area contributed by atoms with E-state index in [4.69, 9.17) is 10.5 Å². The molecule has 0 aliphatic carbocycles. The Morgan fingerprint density at radius 3 is 2.67 bits per heavy atom. The predicted molar refractivity (Wildman–Crippen MR) is 63.2 cm³/mol. The molecule has 0 aliphatic heterocycles. The first-order chi connectivity index (χ1) is 8.49. The second kappa shape index (κ2) is 6.13. The summed E-state index contributed by atoms with van der Waals surface area (Å²) >= 11 is 0. The summed E-state index contributed by atoms with van der Waals surface area (Å²) in [5.41, 5.74) is 5.49. The van der Waals surface area contributed by atoms with E-state index in [9.17, 15) is 19.8 Å². The highest BCUT2D eigenvalue weighted by atomic mass is 16.5. The van der Waals surface area contributed by atoms with E-state index in [-0.39, 0.29) is 12.0 Å². The van der Waals surface area contributed by atoms with Crippen LogP contribution < -0.4 is 10.5 Å². The summed E-state index contributed by atoms with van der Waals surface area (Å²) in [7, 11) is 1.42. The van der Waals surface area contributed by atoms with Crippen molar-refractivity contribution < 1.29 is 24.5 Å². The van der Waals surface area contributed by atoms with E-state index in [0.717, 1.165) is 0 Å². The highest BCUT2D eigenvalue weighted by molar-refractivity contribution is 5.79. The average molecular weight is 253 g/mol. The number of ether oxygens (including phenoxy) is 1. The van der Waals surface area contributed by atoms with E-state index in [1.807, 2.05) is 0 Å². The number of carbonyl (C=O) groups is 2. The minimum absolute atomic E-state index is 0.250. The Labute approximate surface area is 104 Å². The van der Waals surface area contributed by atoms with Gasteiger partial charge < -0.3 is 20.7 Å². The van der Waals surface area contributed by atoms with Gasteiger partial charge in [0.15, 0.2) is 6.29 Å². The third-order valence-electron chi connectivity index (χ3n) is 2.50. The van der Waals surface area contributed by atoms with Gasteiger partial charge in [-0.25, -0.2) is 0 Å². The SMILES string of the molecule is COc1ccc(C(O)C(O)CC(N)=O)cc1C=O. The van der Waals surface area contributed by atoms with Crippen molar-refractivity contribution in [2.45, 2.75) is 18.6 Å². The largest absolute Gasteiger partial charge is 0.496 e. The van der Waals surface area contributed by atoms with Gasteiger partial charge in [0.25, 0.3) is 0 Å². The molecule has 1 aromatic carbocycles. The number of nitrogens with two attached hydrogens (primary N) is 1. The van der Waals surface area contributed by atoms with Crippen LogP contribution in [0.25, 0.3) is 0 Å². The molecule has 98 valence electrons. The fourth-order valence-corrected chi connectivity index (χ4v) is 1.57. The summed E-state index contributed by atoms with van der Waals surface area (Å²) in [6, 6.07) is 4.39. The molecule has 2 unspecified atom stereocenters. The monoisotopic (exact) mass is 253 g/mol. The van der Waals surface area contributed by atoms with Crippen molar-refractivity contribution in [3.8, 4) is 5.75 Å². The molecule has 1 amide bonds. The number of methoxy groups -OCH3 is 1. The summed E-state index contributed by atoms with van der Waals surface area (Å²) < 4.78 is 4.95. The predicted octanol–water partition coefficient (Wildman–Crippen LogP) is -0.223. The first-order valence-electron chi connectivity index (χ1n) is 5.27. The second-order valence-corrected chi connectivity index (χ2v) is 3.80. The quantitative estimate of drug-likeness (QED) is 0.607. The third-order valence-corrected chi connectivity index (χ3v) is 2.50. The molecule has 0 fully saturated rings. The Morgan fingerprint density at radius 2 is 2.17 bits per heavy atom. The minimum atomic E-state index is -1.31. The average Bonchev–Trinajstić information content (AvgIpc) is 2.36. The lowest BCUT2D eigenvalue weighted by atomic mass is 10.00. The van der Waals surface area contributed by atoms with Gasteiger partial charge in [0.05, 0.1) is 25.2 Å². The fourth-order valence-electron chi connectivity index (χ4n) is 1.57.